The molecule has 23 heavy (non-hydrogen) atoms. The van der Waals surface area contributed by atoms with Gasteiger partial charge in [0, 0.05) is 28.3 Å². The molecule has 0 amide bonds. The molecule has 0 unspecified atom stereocenters. The van der Waals surface area contributed by atoms with E-state index in [9.17, 15) is 10.1 Å². The summed E-state index contributed by atoms with van der Waals surface area (Å²) in [5.74, 6) is 0.0404. The molecule has 0 aliphatic heterocycles. The van der Waals surface area contributed by atoms with Crippen LogP contribution in [0.2, 0.25) is 0 Å². The molecule has 0 atom stereocenters. The summed E-state index contributed by atoms with van der Waals surface area (Å²) in [6.45, 7) is 4.04. The van der Waals surface area contributed by atoms with Gasteiger partial charge >= 0.3 is 0 Å². The number of rotatable bonds is 1. The van der Waals surface area contributed by atoms with Crippen LogP contribution in [0.3, 0.4) is 0 Å². The number of ketones is 1. The van der Waals surface area contributed by atoms with Gasteiger partial charge in [0.05, 0.1) is 5.56 Å². The number of nitriles is 1. The minimum Gasteiger partial charge on any atom is -0.300 e. The van der Waals surface area contributed by atoms with Crippen molar-refractivity contribution in [3.63, 3.8) is 0 Å². The molecule has 1 aromatic heterocycles. The van der Waals surface area contributed by atoms with Gasteiger partial charge in [-0.1, -0.05) is 29.8 Å². The molecule has 1 N–H and O–H groups in total. The molecule has 1 aliphatic rings. The molecule has 2 aromatic rings. The highest BCUT2D eigenvalue weighted by atomic mass is 79.9. The molecule has 0 saturated carbocycles. The Labute approximate surface area is 143 Å². The minimum absolute atomic E-state index is 0.0404. The number of pyridine rings is 1. The van der Waals surface area contributed by atoms with E-state index >= 15 is 0 Å². The third-order valence-corrected chi connectivity index (χ3v) is 4.70. The van der Waals surface area contributed by atoms with Crippen LogP contribution >= 0.6 is 15.9 Å². The normalized spacial score (nSPS) is 15.8. The van der Waals surface area contributed by atoms with Crippen molar-refractivity contribution in [2.75, 3.05) is 0 Å². The van der Waals surface area contributed by atoms with Gasteiger partial charge in [-0.2, -0.15) is 5.26 Å². The number of carbonyl (C=O) groups excluding carboxylic acids is 1. The van der Waals surface area contributed by atoms with E-state index in [1.54, 1.807) is 10.8 Å². The van der Waals surface area contributed by atoms with Crippen LogP contribution in [0.25, 0.3) is 5.69 Å². The number of Topliss-reactive ketones (excluding diaryl/α,β-unsaturated/α-hetero) is 1. The standard InChI is InChI=1S/C18H16BrN3O/c1-18(2)7-13-14(9-20)17(21)22(10-15(13)16(23)8-18)12-5-3-11(19)4-6-12/h3-6,10,21H,7-8H2,1-2H3. The van der Waals surface area contributed by atoms with Crippen LogP contribution in [0.4, 0.5) is 0 Å². The Kier molecular flexibility index (Phi) is 3.73. The lowest BCUT2D eigenvalue weighted by molar-refractivity contribution is 0.0911. The second-order valence-corrected chi connectivity index (χ2v) is 7.56. The monoisotopic (exact) mass is 369 g/mol. The Balaban J connectivity index is 2.29. The fourth-order valence-electron chi connectivity index (χ4n) is 3.09. The first-order chi connectivity index (χ1) is 10.8. The topological polar surface area (TPSA) is 69.6 Å². The average molecular weight is 370 g/mol. The molecule has 116 valence electrons. The molecule has 4 nitrogen and oxygen atoms in total. The molecule has 1 heterocycles. The lowest BCUT2D eigenvalue weighted by Gasteiger charge is -2.31. The number of fused-ring (bicyclic) bond motifs is 1. The van der Waals surface area contributed by atoms with Crippen molar-refractivity contribution in [3.8, 4) is 11.8 Å². The summed E-state index contributed by atoms with van der Waals surface area (Å²) in [7, 11) is 0. The Hall–Kier alpha value is -2.19. The Morgan fingerprint density at radius 3 is 2.52 bits per heavy atom. The van der Waals surface area contributed by atoms with Gasteiger partial charge in [-0.15, -0.1) is 0 Å². The van der Waals surface area contributed by atoms with Gasteiger partial charge in [0.15, 0.2) is 5.78 Å². The zero-order valence-corrected chi connectivity index (χ0v) is 14.6. The average Bonchev–Trinajstić information content (AvgIpc) is 2.47. The van der Waals surface area contributed by atoms with Crippen molar-refractivity contribution in [2.45, 2.75) is 26.7 Å². The fraction of sp³-hybridized carbons (Fsp3) is 0.278. The maximum Gasteiger partial charge on any atom is 0.165 e. The third-order valence-electron chi connectivity index (χ3n) is 4.17. The molecular weight excluding hydrogens is 354 g/mol. The molecule has 0 bridgehead atoms. The molecule has 0 fully saturated rings. The van der Waals surface area contributed by atoms with Crippen LogP contribution in [-0.2, 0) is 6.42 Å². The smallest absolute Gasteiger partial charge is 0.165 e. The maximum absolute atomic E-state index is 12.5. The fourth-order valence-corrected chi connectivity index (χ4v) is 3.35. The largest absolute Gasteiger partial charge is 0.300 e. The van der Waals surface area contributed by atoms with Gasteiger partial charge in [-0.3, -0.25) is 10.2 Å². The van der Waals surface area contributed by atoms with Crippen LogP contribution < -0.4 is 5.49 Å². The van der Waals surface area contributed by atoms with Gasteiger partial charge in [-0.25, -0.2) is 0 Å². The molecule has 5 heteroatoms. The number of nitrogens with zero attached hydrogens (tertiary/aromatic N) is 2. The Morgan fingerprint density at radius 2 is 1.91 bits per heavy atom. The summed E-state index contributed by atoms with van der Waals surface area (Å²) in [6.07, 6.45) is 2.81. The number of hydrogen-bond donors (Lipinski definition) is 1. The Bertz CT molecular complexity index is 902. The SMILES string of the molecule is CC1(C)CC(=O)c2cn(-c3ccc(Br)cc3)c(=N)c(C#N)c2C1. The number of benzene rings is 1. The van der Waals surface area contributed by atoms with E-state index in [0.29, 0.717) is 29.5 Å². The van der Waals surface area contributed by atoms with Gasteiger partial charge < -0.3 is 4.57 Å². The third kappa shape index (κ3) is 2.75. The zero-order chi connectivity index (χ0) is 16.8. The van der Waals surface area contributed by atoms with Crippen LogP contribution in [0.5, 0.6) is 0 Å². The van der Waals surface area contributed by atoms with E-state index in [2.05, 4.69) is 22.0 Å². The second-order valence-electron chi connectivity index (χ2n) is 6.64. The van der Waals surface area contributed by atoms with E-state index < -0.39 is 0 Å². The van der Waals surface area contributed by atoms with E-state index in [1.807, 2.05) is 38.1 Å². The lowest BCUT2D eigenvalue weighted by atomic mass is 9.73. The summed E-state index contributed by atoms with van der Waals surface area (Å²) in [5.41, 5.74) is 2.29. The first kappa shape index (κ1) is 15.7. The van der Waals surface area contributed by atoms with Crippen molar-refractivity contribution in [1.29, 1.82) is 10.7 Å². The van der Waals surface area contributed by atoms with Crippen molar-refractivity contribution < 1.29 is 4.79 Å². The molecule has 1 aliphatic carbocycles. The summed E-state index contributed by atoms with van der Waals surface area (Å²) < 4.78 is 2.55. The molecular formula is C18H16BrN3O. The summed E-state index contributed by atoms with van der Waals surface area (Å²) in [4.78, 5) is 12.5. The number of halogens is 1. The Morgan fingerprint density at radius 1 is 1.26 bits per heavy atom. The zero-order valence-electron chi connectivity index (χ0n) is 13.0. The summed E-state index contributed by atoms with van der Waals surface area (Å²) in [5, 5.41) is 17.9. The predicted molar refractivity (Wildman–Crippen MR) is 90.5 cm³/mol. The molecule has 0 saturated heterocycles. The van der Waals surface area contributed by atoms with Crippen LogP contribution in [-0.4, -0.2) is 10.4 Å². The number of hydrogen-bond acceptors (Lipinski definition) is 3. The maximum atomic E-state index is 12.5. The minimum atomic E-state index is -0.175. The summed E-state index contributed by atoms with van der Waals surface area (Å²) >= 11 is 3.38. The molecule has 0 radical (unpaired) electrons. The molecule has 0 spiro atoms. The van der Waals surface area contributed by atoms with Crippen molar-refractivity contribution in [2.24, 2.45) is 5.41 Å². The number of carbonyl (C=O) groups is 1. The van der Waals surface area contributed by atoms with E-state index in [0.717, 1.165) is 10.2 Å². The van der Waals surface area contributed by atoms with Crippen LogP contribution in [0, 0.1) is 22.2 Å². The number of aromatic nitrogens is 1. The van der Waals surface area contributed by atoms with Gasteiger partial charge in [-0.05, 0) is 41.7 Å². The van der Waals surface area contributed by atoms with E-state index in [-0.39, 0.29) is 16.7 Å². The number of nitrogens with one attached hydrogen (secondary N) is 1. The molecule has 3 rings (SSSR count). The summed E-state index contributed by atoms with van der Waals surface area (Å²) in [6, 6.07) is 9.59. The quantitative estimate of drug-likeness (QED) is 0.831. The van der Waals surface area contributed by atoms with Crippen molar-refractivity contribution >= 4 is 21.7 Å². The van der Waals surface area contributed by atoms with Crippen LogP contribution in [0.15, 0.2) is 34.9 Å². The van der Waals surface area contributed by atoms with Gasteiger partial charge in [0.25, 0.3) is 0 Å². The van der Waals surface area contributed by atoms with Crippen LogP contribution in [0.1, 0.15) is 41.8 Å². The van der Waals surface area contributed by atoms with Gasteiger partial charge in [0.2, 0.25) is 0 Å². The van der Waals surface area contributed by atoms with E-state index in [1.165, 1.54) is 0 Å². The highest BCUT2D eigenvalue weighted by Gasteiger charge is 2.33. The highest BCUT2D eigenvalue weighted by molar-refractivity contribution is 9.10. The van der Waals surface area contributed by atoms with E-state index in [4.69, 9.17) is 5.41 Å². The van der Waals surface area contributed by atoms with Crippen molar-refractivity contribution in [3.05, 3.63) is 57.1 Å². The second kappa shape index (κ2) is 5.47. The first-order valence-electron chi connectivity index (χ1n) is 7.35. The molecule has 1 aromatic carbocycles. The lowest BCUT2D eigenvalue weighted by Crippen LogP contribution is -2.33. The highest BCUT2D eigenvalue weighted by Crippen LogP contribution is 2.35. The predicted octanol–water partition coefficient (Wildman–Crippen LogP) is 3.75. The van der Waals surface area contributed by atoms with Crippen molar-refractivity contribution in [1.82, 2.24) is 4.57 Å². The first-order valence-corrected chi connectivity index (χ1v) is 8.14. The van der Waals surface area contributed by atoms with Gasteiger partial charge in [0.1, 0.15) is 11.6 Å².